The van der Waals surface area contributed by atoms with Gasteiger partial charge in [0.15, 0.2) is 0 Å². The van der Waals surface area contributed by atoms with Crippen molar-refractivity contribution in [2.75, 3.05) is 18.1 Å². The van der Waals surface area contributed by atoms with E-state index in [4.69, 9.17) is 0 Å². The van der Waals surface area contributed by atoms with E-state index in [2.05, 4.69) is 15.1 Å². The largest absolute Gasteiger partial charge is 0.310 e. The molecule has 124 valence electrons. The van der Waals surface area contributed by atoms with Crippen molar-refractivity contribution in [1.82, 2.24) is 14.5 Å². The topological polar surface area (TPSA) is 93.1 Å². The second-order valence-electron chi connectivity index (χ2n) is 5.26. The molecule has 0 saturated heterocycles. The number of benzene rings is 1. The third kappa shape index (κ3) is 4.64. The fourth-order valence-electron chi connectivity index (χ4n) is 2.30. The van der Waals surface area contributed by atoms with Crippen molar-refractivity contribution >= 4 is 21.7 Å². The fourth-order valence-corrected chi connectivity index (χ4v) is 2.77. The van der Waals surface area contributed by atoms with Crippen LogP contribution in [0.25, 0.3) is 11.1 Å². The predicted molar refractivity (Wildman–Crippen MR) is 89.5 cm³/mol. The molecule has 0 spiro atoms. The summed E-state index contributed by atoms with van der Waals surface area (Å²) < 4.78 is 25.9. The van der Waals surface area contributed by atoms with Gasteiger partial charge in [-0.2, -0.15) is 5.10 Å². The Balaban J connectivity index is 2.16. The summed E-state index contributed by atoms with van der Waals surface area (Å²) in [5.74, 6) is 0.319. The van der Waals surface area contributed by atoms with Crippen molar-refractivity contribution in [2.24, 2.45) is 7.05 Å². The highest BCUT2D eigenvalue weighted by atomic mass is 32.2. The Morgan fingerprint density at radius 2 is 1.91 bits per heavy atom. The van der Waals surface area contributed by atoms with E-state index in [1.54, 1.807) is 11.7 Å². The van der Waals surface area contributed by atoms with Gasteiger partial charge in [-0.05, 0) is 12.5 Å². The fraction of sp³-hybridized carbons (Fsp3) is 0.333. The molecule has 0 saturated carbocycles. The molecule has 8 heteroatoms. The van der Waals surface area contributed by atoms with Gasteiger partial charge in [0.05, 0.1) is 11.9 Å². The lowest BCUT2D eigenvalue weighted by molar-refractivity contribution is -0.116. The van der Waals surface area contributed by atoms with Gasteiger partial charge < -0.3 is 5.32 Å². The van der Waals surface area contributed by atoms with Gasteiger partial charge in [-0.1, -0.05) is 30.3 Å². The minimum atomic E-state index is -3.30. The molecule has 1 aromatic carbocycles. The molecule has 7 nitrogen and oxygen atoms in total. The van der Waals surface area contributed by atoms with E-state index in [1.165, 1.54) is 0 Å². The zero-order valence-electron chi connectivity index (χ0n) is 13.3. The van der Waals surface area contributed by atoms with Crippen LogP contribution < -0.4 is 10.0 Å². The lowest BCUT2D eigenvalue weighted by atomic mass is 10.1. The Hall–Kier alpha value is -2.19. The zero-order valence-corrected chi connectivity index (χ0v) is 14.1. The van der Waals surface area contributed by atoms with Crippen molar-refractivity contribution in [3.8, 4) is 11.1 Å². The Kier molecular flexibility index (Phi) is 5.17. The highest BCUT2D eigenvalue weighted by Crippen LogP contribution is 2.30. The smallest absolute Gasteiger partial charge is 0.226 e. The summed E-state index contributed by atoms with van der Waals surface area (Å²) in [5, 5.41) is 7.16. The first-order valence-corrected chi connectivity index (χ1v) is 9.00. The molecule has 23 heavy (non-hydrogen) atoms. The molecule has 1 amide bonds. The summed E-state index contributed by atoms with van der Waals surface area (Å²) in [6, 6.07) is 9.66. The quantitative estimate of drug-likeness (QED) is 0.831. The van der Waals surface area contributed by atoms with E-state index in [-0.39, 0.29) is 18.9 Å². The number of aromatic nitrogens is 2. The SMILES string of the molecule is Cc1nn(C)c(NC(=O)CCNS(C)(=O)=O)c1-c1ccccc1. The number of aryl methyl sites for hydroxylation is 2. The number of amides is 1. The van der Waals surface area contributed by atoms with Gasteiger partial charge in [-0.15, -0.1) is 0 Å². The molecule has 2 N–H and O–H groups in total. The molecule has 0 unspecified atom stereocenters. The molecule has 2 aromatic rings. The third-order valence-corrected chi connectivity index (χ3v) is 3.99. The number of nitrogens with zero attached hydrogens (tertiary/aromatic N) is 2. The first-order chi connectivity index (χ1) is 10.8. The first-order valence-electron chi connectivity index (χ1n) is 7.11. The minimum Gasteiger partial charge on any atom is -0.310 e. The summed E-state index contributed by atoms with van der Waals surface area (Å²) in [6.45, 7) is 1.94. The van der Waals surface area contributed by atoms with Crippen molar-refractivity contribution in [2.45, 2.75) is 13.3 Å². The van der Waals surface area contributed by atoms with Gasteiger partial charge in [0.1, 0.15) is 5.82 Å². The lowest BCUT2D eigenvalue weighted by Gasteiger charge is -2.09. The minimum absolute atomic E-state index is 0.0472. The second kappa shape index (κ2) is 6.93. The highest BCUT2D eigenvalue weighted by molar-refractivity contribution is 7.88. The van der Waals surface area contributed by atoms with Crippen LogP contribution in [0, 0.1) is 6.92 Å². The summed E-state index contributed by atoms with van der Waals surface area (Å²) in [5.41, 5.74) is 2.63. The van der Waals surface area contributed by atoms with Gasteiger partial charge in [0.25, 0.3) is 0 Å². The molecule has 0 bridgehead atoms. The number of carbonyl (C=O) groups excluding carboxylic acids is 1. The molecule has 0 aliphatic carbocycles. The Labute approximate surface area is 135 Å². The van der Waals surface area contributed by atoms with Gasteiger partial charge in [-0.25, -0.2) is 13.1 Å². The monoisotopic (exact) mass is 336 g/mol. The van der Waals surface area contributed by atoms with Crippen LogP contribution in [0.3, 0.4) is 0 Å². The van der Waals surface area contributed by atoms with Gasteiger partial charge in [0.2, 0.25) is 15.9 Å². The molecule has 1 aromatic heterocycles. The number of sulfonamides is 1. The van der Waals surface area contributed by atoms with Crippen LogP contribution in [-0.4, -0.2) is 36.9 Å². The standard InChI is InChI=1S/C15H20N4O3S/c1-11-14(12-7-5-4-6-8-12)15(19(2)18-11)17-13(20)9-10-16-23(3,21)22/h4-8,16H,9-10H2,1-3H3,(H,17,20). The lowest BCUT2D eigenvalue weighted by Crippen LogP contribution is -2.27. The third-order valence-electron chi connectivity index (χ3n) is 3.26. The molecule has 0 radical (unpaired) electrons. The number of carbonyl (C=O) groups is 1. The highest BCUT2D eigenvalue weighted by Gasteiger charge is 2.17. The average molecular weight is 336 g/mol. The van der Waals surface area contributed by atoms with Crippen LogP contribution >= 0.6 is 0 Å². The molecule has 2 rings (SSSR count). The van der Waals surface area contributed by atoms with Crippen molar-refractivity contribution in [3.05, 3.63) is 36.0 Å². The van der Waals surface area contributed by atoms with Crippen LogP contribution in [0.4, 0.5) is 5.82 Å². The van der Waals surface area contributed by atoms with Gasteiger partial charge >= 0.3 is 0 Å². The van der Waals surface area contributed by atoms with E-state index in [0.29, 0.717) is 5.82 Å². The number of nitrogens with one attached hydrogen (secondary N) is 2. The molecule has 0 atom stereocenters. The second-order valence-corrected chi connectivity index (χ2v) is 7.10. The normalized spacial score (nSPS) is 11.4. The predicted octanol–water partition coefficient (Wildman–Crippen LogP) is 1.27. The Morgan fingerprint density at radius 3 is 2.52 bits per heavy atom. The summed E-state index contributed by atoms with van der Waals surface area (Å²) >= 11 is 0. The molecule has 1 heterocycles. The van der Waals surface area contributed by atoms with Crippen molar-refractivity contribution in [1.29, 1.82) is 0 Å². The maximum absolute atomic E-state index is 12.1. The van der Waals surface area contributed by atoms with E-state index in [1.807, 2.05) is 37.3 Å². The van der Waals surface area contributed by atoms with E-state index in [9.17, 15) is 13.2 Å². The molecular formula is C15H20N4O3S. The van der Waals surface area contributed by atoms with Crippen molar-refractivity contribution in [3.63, 3.8) is 0 Å². The molecule has 0 aliphatic heterocycles. The summed E-state index contributed by atoms with van der Waals surface area (Å²) in [4.78, 5) is 12.1. The molecular weight excluding hydrogens is 316 g/mol. The van der Waals surface area contributed by atoms with E-state index >= 15 is 0 Å². The maximum Gasteiger partial charge on any atom is 0.226 e. The van der Waals surface area contributed by atoms with Crippen LogP contribution in [0.15, 0.2) is 30.3 Å². The van der Waals surface area contributed by atoms with Crippen LogP contribution in [-0.2, 0) is 21.9 Å². The maximum atomic E-state index is 12.1. The number of rotatable bonds is 6. The van der Waals surface area contributed by atoms with E-state index in [0.717, 1.165) is 23.1 Å². The number of hydrogen-bond acceptors (Lipinski definition) is 4. The number of anilines is 1. The first kappa shape index (κ1) is 17.2. The van der Waals surface area contributed by atoms with Crippen LogP contribution in [0.5, 0.6) is 0 Å². The van der Waals surface area contributed by atoms with Crippen LogP contribution in [0.2, 0.25) is 0 Å². The molecule has 0 aliphatic rings. The average Bonchev–Trinajstić information content (AvgIpc) is 2.72. The summed E-state index contributed by atoms with van der Waals surface area (Å²) in [7, 11) is -1.54. The summed E-state index contributed by atoms with van der Waals surface area (Å²) in [6.07, 6.45) is 1.11. The van der Waals surface area contributed by atoms with Crippen molar-refractivity contribution < 1.29 is 13.2 Å². The van der Waals surface area contributed by atoms with E-state index < -0.39 is 10.0 Å². The van der Waals surface area contributed by atoms with Gasteiger partial charge in [0, 0.05) is 25.6 Å². The van der Waals surface area contributed by atoms with Gasteiger partial charge in [-0.3, -0.25) is 9.48 Å². The Morgan fingerprint density at radius 1 is 1.26 bits per heavy atom. The Bertz CT molecular complexity index is 798. The number of hydrogen-bond donors (Lipinski definition) is 2. The zero-order chi connectivity index (χ0) is 17.0. The molecule has 0 fully saturated rings. The van der Waals surface area contributed by atoms with Crippen LogP contribution in [0.1, 0.15) is 12.1 Å².